The summed E-state index contributed by atoms with van der Waals surface area (Å²) in [4.78, 5) is 16.6. The van der Waals surface area contributed by atoms with E-state index < -0.39 is 12.1 Å². The highest BCUT2D eigenvalue weighted by atomic mass is 35.5. The maximum absolute atomic E-state index is 12.9. The molecule has 1 saturated heterocycles. The average molecular weight is 401 g/mol. The van der Waals surface area contributed by atoms with Gasteiger partial charge in [-0.25, -0.2) is 8.78 Å². The highest BCUT2D eigenvalue weighted by molar-refractivity contribution is 6.31. The van der Waals surface area contributed by atoms with Crippen LogP contribution in [0.15, 0.2) is 6.20 Å². The summed E-state index contributed by atoms with van der Waals surface area (Å²) >= 11 is 5.89. The molecule has 1 aliphatic heterocycles. The van der Waals surface area contributed by atoms with E-state index in [0.717, 1.165) is 25.3 Å². The molecule has 0 spiro atoms. The number of rotatable bonds is 5. The molecule has 1 aliphatic rings. The molecule has 27 heavy (non-hydrogen) atoms. The minimum absolute atomic E-state index is 0.0746. The minimum Gasteiger partial charge on any atom is -0.339 e. The number of carbonyl (C=O) groups excluding carboxylic acids is 1. The summed E-state index contributed by atoms with van der Waals surface area (Å²) in [5.74, 6) is -0.143. The Morgan fingerprint density at radius 3 is 2.41 bits per heavy atom. The van der Waals surface area contributed by atoms with Crippen molar-refractivity contribution in [3.8, 4) is 0 Å². The Hall–Kier alpha value is -2.00. The third-order valence-corrected chi connectivity index (χ3v) is 5.35. The molecule has 3 heterocycles. The van der Waals surface area contributed by atoms with Crippen LogP contribution in [0.5, 0.6) is 0 Å². The average Bonchev–Trinajstić information content (AvgIpc) is 3.08. The summed E-state index contributed by atoms with van der Waals surface area (Å²) in [5.41, 5.74) is 2.10. The van der Waals surface area contributed by atoms with Crippen molar-refractivity contribution in [1.29, 1.82) is 0 Å². The lowest BCUT2D eigenvalue weighted by Crippen LogP contribution is -2.49. The van der Waals surface area contributed by atoms with E-state index in [0.29, 0.717) is 18.8 Å². The van der Waals surface area contributed by atoms with E-state index in [9.17, 15) is 13.6 Å². The second kappa shape index (κ2) is 7.93. The number of nitrogens with zero attached hydrogens (tertiary/aromatic N) is 6. The van der Waals surface area contributed by atoms with Gasteiger partial charge in [-0.1, -0.05) is 11.6 Å². The van der Waals surface area contributed by atoms with Gasteiger partial charge in [0, 0.05) is 51.5 Å². The van der Waals surface area contributed by atoms with Gasteiger partial charge in [0.05, 0.1) is 16.4 Å². The first-order valence-corrected chi connectivity index (χ1v) is 9.14. The fourth-order valence-corrected chi connectivity index (χ4v) is 3.49. The van der Waals surface area contributed by atoms with Crippen LogP contribution in [0.4, 0.5) is 8.78 Å². The van der Waals surface area contributed by atoms with Crippen LogP contribution in [-0.2, 0) is 24.9 Å². The zero-order valence-corrected chi connectivity index (χ0v) is 16.4. The number of carbonyl (C=O) groups is 1. The molecule has 1 fully saturated rings. The topological polar surface area (TPSA) is 59.2 Å². The van der Waals surface area contributed by atoms with E-state index in [1.165, 1.54) is 10.2 Å². The van der Waals surface area contributed by atoms with Crippen LogP contribution in [0.3, 0.4) is 0 Å². The van der Waals surface area contributed by atoms with Crippen LogP contribution in [0, 0.1) is 13.8 Å². The summed E-state index contributed by atoms with van der Waals surface area (Å²) in [7, 11) is 1.90. The van der Waals surface area contributed by atoms with E-state index in [1.54, 1.807) is 16.5 Å². The Morgan fingerprint density at radius 1 is 1.22 bits per heavy atom. The number of hydrogen-bond acceptors (Lipinski definition) is 4. The van der Waals surface area contributed by atoms with Gasteiger partial charge in [-0.3, -0.25) is 19.1 Å². The molecule has 2 aromatic rings. The number of hydrogen-bond donors (Lipinski definition) is 0. The molecule has 148 valence electrons. The monoisotopic (exact) mass is 400 g/mol. The van der Waals surface area contributed by atoms with Gasteiger partial charge < -0.3 is 4.90 Å². The number of piperazine rings is 1. The van der Waals surface area contributed by atoms with Crippen LogP contribution >= 0.6 is 11.6 Å². The predicted octanol–water partition coefficient (Wildman–Crippen LogP) is 2.17. The number of aryl methyl sites for hydroxylation is 2. The normalized spacial score (nSPS) is 15.7. The fourth-order valence-electron chi connectivity index (χ4n) is 3.27. The Kier molecular flexibility index (Phi) is 5.81. The molecule has 0 aliphatic carbocycles. The second-order valence-electron chi connectivity index (χ2n) is 6.81. The zero-order valence-electron chi connectivity index (χ0n) is 15.6. The largest absolute Gasteiger partial charge is 0.339 e. The highest BCUT2D eigenvalue weighted by Crippen LogP contribution is 2.28. The molecule has 10 heteroatoms. The van der Waals surface area contributed by atoms with Gasteiger partial charge in [-0.15, -0.1) is 0 Å². The van der Waals surface area contributed by atoms with Crippen LogP contribution in [-0.4, -0.2) is 61.4 Å². The van der Waals surface area contributed by atoms with Gasteiger partial charge in [0.1, 0.15) is 12.2 Å². The lowest BCUT2D eigenvalue weighted by molar-refractivity contribution is -0.133. The molecule has 0 radical (unpaired) electrons. The van der Waals surface area contributed by atoms with Crippen molar-refractivity contribution in [2.75, 3.05) is 26.2 Å². The number of halogens is 3. The molecule has 1 amide bonds. The van der Waals surface area contributed by atoms with E-state index >= 15 is 0 Å². The molecule has 0 bridgehead atoms. The maximum atomic E-state index is 12.9. The summed E-state index contributed by atoms with van der Waals surface area (Å²) in [6.07, 6.45) is -0.746. The third kappa shape index (κ3) is 4.30. The van der Waals surface area contributed by atoms with Crippen molar-refractivity contribution in [1.82, 2.24) is 29.4 Å². The number of aromatic nitrogens is 4. The molecule has 0 atom stereocenters. The van der Waals surface area contributed by atoms with Crippen molar-refractivity contribution in [3.63, 3.8) is 0 Å². The highest BCUT2D eigenvalue weighted by Gasteiger charge is 2.25. The molecule has 3 rings (SSSR count). The minimum atomic E-state index is -2.76. The van der Waals surface area contributed by atoms with E-state index in [4.69, 9.17) is 11.6 Å². The van der Waals surface area contributed by atoms with Gasteiger partial charge in [0.25, 0.3) is 6.43 Å². The molecular formula is C17H23ClF2N6O. The van der Waals surface area contributed by atoms with Crippen molar-refractivity contribution in [3.05, 3.63) is 33.9 Å². The smallest absolute Gasteiger partial charge is 0.283 e. The number of amides is 1. The summed E-state index contributed by atoms with van der Waals surface area (Å²) < 4.78 is 28.9. The molecule has 0 unspecified atom stereocenters. The van der Waals surface area contributed by atoms with Gasteiger partial charge in [-0.2, -0.15) is 10.2 Å². The first-order chi connectivity index (χ1) is 12.8. The summed E-state index contributed by atoms with van der Waals surface area (Å²) in [6, 6.07) is 0. The van der Waals surface area contributed by atoms with Gasteiger partial charge in [-0.05, 0) is 13.8 Å². The van der Waals surface area contributed by atoms with Crippen molar-refractivity contribution < 1.29 is 13.6 Å². The van der Waals surface area contributed by atoms with Crippen LogP contribution in [0.25, 0.3) is 0 Å². The maximum Gasteiger partial charge on any atom is 0.283 e. The Labute approximate surface area is 161 Å². The lowest BCUT2D eigenvalue weighted by Gasteiger charge is -2.34. The van der Waals surface area contributed by atoms with E-state index in [1.807, 2.05) is 20.2 Å². The molecule has 2 aromatic heterocycles. The van der Waals surface area contributed by atoms with Crippen LogP contribution in [0.1, 0.15) is 29.1 Å². The first kappa shape index (κ1) is 19.8. The lowest BCUT2D eigenvalue weighted by atomic mass is 10.2. The third-order valence-electron chi connectivity index (χ3n) is 4.88. The Morgan fingerprint density at radius 2 is 1.89 bits per heavy atom. The van der Waals surface area contributed by atoms with Gasteiger partial charge in [0.2, 0.25) is 5.91 Å². The summed E-state index contributed by atoms with van der Waals surface area (Å²) in [5, 5.41) is 8.07. The van der Waals surface area contributed by atoms with Crippen LogP contribution in [0.2, 0.25) is 5.02 Å². The van der Waals surface area contributed by atoms with Crippen LogP contribution < -0.4 is 0 Å². The molecule has 0 saturated carbocycles. The predicted molar refractivity (Wildman–Crippen MR) is 96.7 cm³/mol. The molecule has 7 nitrogen and oxygen atoms in total. The van der Waals surface area contributed by atoms with E-state index in [-0.39, 0.29) is 17.5 Å². The second-order valence-corrected chi connectivity index (χ2v) is 7.19. The number of alkyl halides is 2. The molecule has 0 N–H and O–H groups in total. The Balaban J connectivity index is 1.56. The standard InChI is InChI=1S/C17H23ClF2N6O/c1-11-13(8-23(3)21-11)9-24-4-6-25(7-5-24)14(27)10-26-12(2)15(18)16(22-26)17(19)20/h8,17H,4-7,9-10H2,1-3H3. The van der Waals surface area contributed by atoms with Gasteiger partial charge in [0.15, 0.2) is 0 Å². The van der Waals surface area contributed by atoms with Crippen molar-refractivity contribution in [2.45, 2.75) is 33.4 Å². The van der Waals surface area contributed by atoms with Crippen molar-refractivity contribution in [2.24, 2.45) is 7.05 Å². The van der Waals surface area contributed by atoms with E-state index in [2.05, 4.69) is 15.1 Å². The SMILES string of the molecule is Cc1nn(C)cc1CN1CCN(C(=O)Cn2nc(C(F)F)c(Cl)c2C)CC1. The Bertz CT molecular complexity index is 826. The fraction of sp³-hybridized carbons (Fsp3) is 0.588. The van der Waals surface area contributed by atoms with Crippen molar-refractivity contribution >= 4 is 17.5 Å². The quantitative estimate of drug-likeness (QED) is 0.771. The van der Waals surface area contributed by atoms with Gasteiger partial charge >= 0.3 is 0 Å². The molecule has 0 aromatic carbocycles. The first-order valence-electron chi connectivity index (χ1n) is 8.76. The zero-order chi connectivity index (χ0) is 19.7. The summed E-state index contributed by atoms with van der Waals surface area (Å²) in [6.45, 7) is 6.97. The molecular weight excluding hydrogens is 378 g/mol.